The third kappa shape index (κ3) is 3.27. The summed E-state index contributed by atoms with van der Waals surface area (Å²) < 4.78 is 3.41. The standard InChI is InChI=1S/C16H21BrClN3/c1-11(18)16-19-14-6-5-13(17)8-15(14)21(16)10-12-4-3-7-20(2)9-12/h5-6,8,11-12H,3-4,7,9-10H2,1-2H3. The Morgan fingerprint density at radius 2 is 2.29 bits per heavy atom. The molecule has 0 N–H and O–H groups in total. The second-order valence-corrected chi connectivity index (χ2v) is 7.67. The number of halogens is 2. The molecule has 3 rings (SSSR count). The predicted molar refractivity (Wildman–Crippen MR) is 91.9 cm³/mol. The van der Waals surface area contributed by atoms with Crippen LogP contribution >= 0.6 is 27.5 Å². The molecule has 1 aromatic heterocycles. The molecule has 1 aromatic carbocycles. The lowest BCUT2D eigenvalue weighted by atomic mass is 9.98. The molecule has 21 heavy (non-hydrogen) atoms. The normalized spacial score (nSPS) is 21.8. The van der Waals surface area contributed by atoms with Crippen molar-refractivity contribution < 1.29 is 0 Å². The minimum atomic E-state index is -0.0718. The van der Waals surface area contributed by atoms with Crippen molar-refractivity contribution in [1.29, 1.82) is 0 Å². The molecular weight excluding hydrogens is 350 g/mol. The second-order valence-electron chi connectivity index (χ2n) is 6.10. The predicted octanol–water partition coefficient (Wildman–Crippen LogP) is 4.44. The summed E-state index contributed by atoms with van der Waals surface area (Å²) in [4.78, 5) is 7.16. The Balaban J connectivity index is 1.98. The zero-order valence-corrected chi connectivity index (χ0v) is 14.9. The topological polar surface area (TPSA) is 21.1 Å². The molecule has 114 valence electrons. The third-order valence-corrected chi connectivity index (χ3v) is 4.95. The van der Waals surface area contributed by atoms with Gasteiger partial charge in [-0.15, -0.1) is 11.6 Å². The number of piperidine rings is 1. The highest BCUT2D eigenvalue weighted by Gasteiger charge is 2.22. The van der Waals surface area contributed by atoms with E-state index in [1.807, 2.05) is 13.0 Å². The molecule has 2 heterocycles. The van der Waals surface area contributed by atoms with E-state index in [4.69, 9.17) is 16.6 Å². The Labute approximate surface area is 139 Å². The average Bonchev–Trinajstić information content (AvgIpc) is 2.77. The zero-order chi connectivity index (χ0) is 15.0. The summed E-state index contributed by atoms with van der Waals surface area (Å²) in [7, 11) is 2.21. The van der Waals surface area contributed by atoms with Crippen LogP contribution in [0.1, 0.15) is 31.0 Å². The maximum absolute atomic E-state index is 6.36. The molecule has 1 fully saturated rings. The third-order valence-electron chi connectivity index (χ3n) is 4.26. The van der Waals surface area contributed by atoms with Crippen LogP contribution in [0.15, 0.2) is 22.7 Å². The monoisotopic (exact) mass is 369 g/mol. The van der Waals surface area contributed by atoms with Gasteiger partial charge in [0.1, 0.15) is 5.82 Å². The van der Waals surface area contributed by atoms with Crippen LogP contribution in [0.2, 0.25) is 0 Å². The van der Waals surface area contributed by atoms with E-state index < -0.39 is 0 Å². The van der Waals surface area contributed by atoms with Crippen LogP contribution in [-0.2, 0) is 6.54 Å². The molecule has 5 heteroatoms. The van der Waals surface area contributed by atoms with Crippen molar-refractivity contribution in [3.8, 4) is 0 Å². The number of alkyl halides is 1. The number of hydrogen-bond acceptors (Lipinski definition) is 2. The van der Waals surface area contributed by atoms with E-state index in [0.717, 1.165) is 28.9 Å². The van der Waals surface area contributed by atoms with Crippen LogP contribution in [-0.4, -0.2) is 34.6 Å². The Morgan fingerprint density at radius 1 is 1.48 bits per heavy atom. The molecule has 2 aromatic rings. The summed E-state index contributed by atoms with van der Waals surface area (Å²) in [6.07, 6.45) is 2.57. The van der Waals surface area contributed by atoms with E-state index in [1.165, 1.54) is 24.9 Å². The number of nitrogens with zero attached hydrogens (tertiary/aromatic N) is 3. The lowest BCUT2D eigenvalue weighted by Gasteiger charge is -2.30. The summed E-state index contributed by atoms with van der Waals surface area (Å²) in [5.74, 6) is 1.66. The first kappa shape index (κ1) is 15.3. The number of fused-ring (bicyclic) bond motifs is 1. The number of benzene rings is 1. The van der Waals surface area contributed by atoms with Gasteiger partial charge in [-0.25, -0.2) is 4.98 Å². The molecule has 1 aliphatic rings. The fourth-order valence-corrected chi connectivity index (χ4v) is 3.81. The van der Waals surface area contributed by atoms with Crippen LogP contribution < -0.4 is 0 Å². The van der Waals surface area contributed by atoms with Gasteiger partial charge in [0, 0.05) is 17.6 Å². The maximum atomic E-state index is 6.36. The quantitative estimate of drug-likeness (QED) is 0.745. The molecular formula is C16H21BrClN3. The molecule has 1 aliphatic heterocycles. The van der Waals surface area contributed by atoms with Crippen molar-refractivity contribution in [1.82, 2.24) is 14.5 Å². The van der Waals surface area contributed by atoms with Gasteiger partial charge in [-0.1, -0.05) is 15.9 Å². The average molecular weight is 371 g/mol. The molecule has 0 amide bonds. The van der Waals surface area contributed by atoms with Gasteiger partial charge in [-0.2, -0.15) is 0 Å². The van der Waals surface area contributed by atoms with Crippen molar-refractivity contribution in [3.05, 3.63) is 28.5 Å². The number of likely N-dealkylation sites (tertiary alicyclic amines) is 1. The molecule has 2 atom stereocenters. The van der Waals surface area contributed by atoms with Crippen LogP contribution in [0, 0.1) is 5.92 Å². The molecule has 0 bridgehead atoms. The summed E-state index contributed by atoms with van der Waals surface area (Å²) >= 11 is 9.93. The van der Waals surface area contributed by atoms with Gasteiger partial charge < -0.3 is 9.47 Å². The van der Waals surface area contributed by atoms with Crippen molar-refractivity contribution >= 4 is 38.6 Å². The summed E-state index contributed by atoms with van der Waals surface area (Å²) in [5.41, 5.74) is 2.21. The molecule has 0 radical (unpaired) electrons. The van der Waals surface area contributed by atoms with Gasteiger partial charge in [0.25, 0.3) is 0 Å². The lowest BCUT2D eigenvalue weighted by Crippen LogP contribution is -2.34. The largest absolute Gasteiger partial charge is 0.326 e. The smallest absolute Gasteiger partial charge is 0.127 e. The lowest BCUT2D eigenvalue weighted by molar-refractivity contribution is 0.194. The van der Waals surface area contributed by atoms with Crippen molar-refractivity contribution in [2.45, 2.75) is 31.7 Å². The Bertz CT molecular complexity index is 638. The Kier molecular flexibility index (Phi) is 4.57. The minimum Gasteiger partial charge on any atom is -0.326 e. The first-order valence-electron chi connectivity index (χ1n) is 7.53. The Hall–Kier alpha value is -0.580. The van der Waals surface area contributed by atoms with Crippen molar-refractivity contribution in [2.75, 3.05) is 20.1 Å². The Morgan fingerprint density at radius 3 is 3.00 bits per heavy atom. The minimum absolute atomic E-state index is 0.0718. The fourth-order valence-electron chi connectivity index (χ4n) is 3.29. The van der Waals surface area contributed by atoms with Crippen molar-refractivity contribution in [2.24, 2.45) is 5.92 Å². The highest BCUT2D eigenvalue weighted by atomic mass is 79.9. The van der Waals surface area contributed by atoms with Crippen LogP contribution in [0.25, 0.3) is 11.0 Å². The van der Waals surface area contributed by atoms with E-state index in [-0.39, 0.29) is 5.38 Å². The SMILES string of the molecule is CC(Cl)c1nc2ccc(Br)cc2n1CC1CCCN(C)C1. The van der Waals surface area contributed by atoms with Crippen LogP contribution in [0.3, 0.4) is 0 Å². The molecule has 0 spiro atoms. The summed E-state index contributed by atoms with van der Waals surface area (Å²) in [5, 5.41) is -0.0718. The van der Waals surface area contributed by atoms with Gasteiger partial charge in [0.05, 0.1) is 16.4 Å². The van der Waals surface area contributed by atoms with E-state index in [9.17, 15) is 0 Å². The van der Waals surface area contributed by atoms with E-state index in [2.05, 4.69) is 44.6 Å². The van der Waals surface area contributed by atoms with Crippen LogP contribution in [0.5, 0.6) is 0 Å². The number of rotatable bonds is 3. The molecule has 0 aliphatic carbocycles. The molecule has 1 saturated heterocycles. The molecule has 0 saturated carbocycles. The second kappa shape index (κ2) is 6.27. The van der Waals surface area contributed by atoms with Crippen LogP contribution in [0.4, 0.5) is 0 Å². The van der Waals surface area contributed by atoms with E-state index in [0.29, 0.717) is 5.92 Å². The van der Waals surface area contributed by atoms with Gasteiger partial charge in [0.2, 0.25) is 0 Å². The van der Waals surface area contributed by atoms with Crippen molar-refractivity contribution in [3.63, 3.8) is 0 Å². The van der Waals surface area contributed by atoms with Gasteiger partial charge >= 0.3 is 0 Å². The van der Waals surface area contributed by atoms with Gasteiger partial charge in [-0.05, 0) is 57.5 Å². The molecule has 2 unspecified atom stereocenters. The van der Waals surface area contributed by atoms with E-state index >= 15 is 0 Å². The highest BCUT2D eigenvalue weighted by Crippen LogP contribution is 2.29. The number of aromatic nitrogens is 2. The first-order valence-corrected chi connectivity index (χ1v) is 8.76. The molecule has 3 nitrogen and oxygen atoms in total. The highest BCUT2D eigenvalue weighted by molar-refractivity contribution is 9.10. The summed E-state index contributed by atoms with van der Waals surface area (Å²) in [6, 6.07) is 6.25. The fraction of sp³-hybridized carbons (Fsp3) is 0.562. The van der Waals surface area contributed by atoms with Gasteiger partial charge in [0.15, 0.2) is 0 Å². The number of hydrogen-bond donors (Lipinski definition) is 0. The first-order chi connectivity index (χ1) is 10.0. The zero-order valence-electron chi connectivity index (χ0n) is 12.5. The maximum Gasteiger partial charge on any atom is 0.127 e. The van der Waals surface area contributed by atoms with E-state index in [1.54, 1.807) is 0 Å². The van der Waals surface area contributed by atoms with Gasteiger partial charge in [-0.3, -0.25) is 0 Å². The number of imidazole rings is 1. The summed E-state index contributed by atoms with van der Waals surface area (Å²) in [6.45, 7) is 5.38.